The second-order valence-electron chi connectivity index (χ2n) is 5.07. The molecule has 0 saturated carbocycles. The van der Waals surface area contributed by atoms with Crippen molar-refractivity contribution in [2.24, 2.45) is 0 Å². The van der Waals surface area contributed by atoms with Gasteiger partial charge in [0, 0.05) is 25.0 Å². The topological polar surface area (TPSA) is 58.1 Å². The fraction of sp³-hybridized carbons (Fsp3) is 0.188. The Labute approximate surface area is 132 Å². The Morgan fingerprint density at radius 2 is 2.09 bits per heavy atom. The van der Waals surface area contributed by atoms with E-state index >= 15 is 0 Å². The van der Waals surface area contributed by atoms with Crippen LogP contribution in [-0.2, 0) is 6.54 Å². The van der Waals surface area contributed by atoms with E-state index in [2.05, 4.69) is 15.3 Å². The standard InChI is InChI=1S/C16H16N4OS/c1-20(2)16-17-8-7-12(19-16)10-18-15(21)14-9-11-5-3-4-6-13(11)22-14/h3-9H,10H2,1-2H3,(H,18,21). The summed E-state index contributed by atoms with van der Waals surface area (Å²) in [6.45, 7) is 0.385. The zero-order chi connectivity index (χ0) is 15.5. The Bertz CT molecular complexity index is 780. The molecule has 0 atom stereocenters. The van der Waals surface area contributed by atoms with Crippen LogP contribution >= 0.6 is 11.3 Å². The Morgan fingerprint density at radius 1 is 1.27 bits per heavy atom. The summed E-state index contributed by atoms with van der Waals surface area (Å²) in [5, 5.41) is 4.00. The lowest BCUT2D eigenvalue weighted by atomic mass is 10.2. The summed E-state index contributed by atoms with van der Waals surface area (Å²) in [6.07, 6.45) is 1.70. The van der Waals surface area contributed by atoms with Gasteiger partial charge in [-0.2, -0.15) is 0 Å². The molecule has 0 unspecified atom stereocenters. The number of fused-ring (bicyclic) bond motifs is 1. The Hall–Kier alpha value is -2.47. The van der Waals surface area contributed by atoms with Gasteiger partial charge in [0.2, 0.25) is 5.95 Å². The molecule has 0 radical (unpaired) electrons. The van der Waals surface area contributed by atoms with Gasteiger partial charge >= 0.3 is 0 Å². The van der Waals surface area contributed by atoms with Crippen molar-refractivity contribution in [1.29, 1.82) is 0 Å². The van der Waals surface area contributed by atoms with E-state index in [1.54, 1.807) is 12.3 Å². The third-order valence-electron chi connectivity index (χ3n) is 3.18. The van der Waals surface area contributed by atoms with Gasteiger partial charge in [-0.25, -0.2) is 9.97 Å². The van der Waals surface area contributed by atoms with Crippen molar-refractivity contribution >= 4 is 33.3 Å². The highest BCUT2D eigenvalue weighted by Gasteiger charge is 2.10. The number of hydrogen-bond acceptors (Lipinski definition) is 5. The van der Waals surface area contributed by atoms with E-state index in [1.165, 1.54) is 11.3 Å². The number of thiophene rings is 1. The number of carbonyl (C=O) groups excluding carboxylic acids is 1. The molecule has 6 heteroatoms. The van der Waals surface area contributed by atoms with Crippen LogP contribution in [0.25, 0.3) is 10.1 Å². The van der Waals surface area contributed by atoms with Crippen LogP contribution in [-0.4, -0.2) is 30.0 Å². The first-order valence-electron chi connectivity index (χ1n) is 6.89. The lowest BCUT2D eigenvalue weighted by Gasteiger charge is -2.10. The van der Waals surface area contributed by atoms with Crippen LogP contribution in [0, 0.1) is 0 Å². The predicted molar refractivity (Wildman–Crippen MR) is 89.4 cm³/mol. The highest BCUT2D eigenvalue weighted by Crippen LogP contribution is 2.25. The van der Waals surface area contributed by atoms with Crippen LogP contribution in [0.1, 0.15) is 15.4 Å². The molecule has 0 spiro atoms. The largest absolute Gasteiger partial charge is 0.347 e. The van der Waals surface area contributed by atoms with Crippen molar-refractivity contribution in [2.45, 2.75) is 6.54 Å². The Morgan fingerprint density at radius 3 is 2.86 bits per heavy atom. The molecule has 0 bridgehead atoms. The molecule has 1 aromatic carbocycles. The summed E-state index contributed by atoms with van der Waals surface area (Å²) in [5.74, 6) is 0.555. The first-order chi connectivity index (χ1) is 10.6. The van der Waals surface area contributed by atoms with Crippen LogP contribution in [0.5, 0.6) is 0 Å². The van der Waals surface area contributed by atoms with Crippen LogP contribution in [0.15, 0.2) is 42.6 Å². The van der Waals surface area contributed by atoms with Crippen molar-refractivity contribution < 1.29 is 4.79 Å². The van der Waals surface area contributed by atoms with Gasteiger partial charge in [-0.05, 0) is 23.6 Å². The first kappa shape index (κ1) is 14.5. The maximum Gasteiger partial charge on any atom is 0.261 e. The number of anilines is 1. The molecule has 0 fully saturated rings. The van der Waals surface area contributed by atoms with Gasteiger partial charge in [-0.1, -0.05) is 18.2 Å². The normalized spacial score (nSPS) is 10.6. The molecule has 3 rings (SSSR count). The van der Waals surface area contributed by atoms with Crippen molar-refractivity contribution in [1.82, 2.24) is 15.3 Å². The van der Waals surface area contributed by atoms with E-state index < -0.39 is 0 Å². The zero-order valence-electron chi connectivity index (χ0n) is 12.4. The maximum absolute atomic E-state index is 12.3. The minimum Gasteiger partial charge on any atom is -0.347 e. The molecule has 3 aromatic rings. The minimum absolute atomic E-state index is 0.0776. The van der Waals surface area contributed by atoms with Crippen LogP contribution < -0.4 is 10.2 Å². The maximum atomic E-state index is 12.3. The summed E-state index contributed by atoms with van der Waals surface area (Å²) < 4.78 is 1.12. The summed E-state index contributed by atoms with van der Waals surface area (Å²) in [5.41, 5.74) is 0.785. The smallest absolute Gasteiger partial charge is 0.261 e. The third-order valence-corrected chi connectivity index (χ3v) is 4.29. The van der Waals surface area contributed by atoms with Crippen LogP contribution in [0.4, 0.5) is 5.95 Å². The van der Waals surface area contributed by atoms with E-state index in [-0.39, 0.29) is 5.91 Å². The van der Waals surface area contributed by atoms with E-state index in [1.807, 2.05) is 49.3 Å². The molecule has 2 heterocycles. The average Bonchev–Trinajstić information content (AvgIpc) is 2.97. The summed E-state index contributed by atoms with van der Waals surface area (Å²) in [6, 6.07) is 11.7. The van der Waals surface area contributed by atoms with E-state index in [4.69, 9.17) is 0 Å². The SMILES string of the molecule is CN(C)c1nccc(CNC(=O)c2cc3ccccc3s2)n1. The summed E-state index contributed by atoms with van der Waals surface area (Å²) >= 11 is 1.50. The quantitative estimate of drug-likeness (QED) is 0.805. The lowest BCUT2D eigenvalue weighted by molar-refractivity contribution is 0.0954. The monoisotopic (exact) mass is 312 g/mol. The van der Waals surface area contributed by atoms with Gasteiger partial charge in [-0.15, -0.1) is 11.3 Å². The summed E-state index contributed by atoms with van der Waals surface area (Å²) in [7, 11) is 3.77. The van der Waals surface area contributed by atoms with Gasteiger partial charge in [-0.3, -0.25) is 4.79 Å². The van der Waals surface area contributed by atoms with Crippen molar-refractivity contribution in [3.8, 4) is 0 Å². The minimum atomic E-state index is -0.0776. The molecule has 0 aliphatic rings. The molecular formula is C16H16N4OS. The number of aromatic nitrogens is 2. The average molecular weight is 312 g/mol. The van der Waals surface area contributed by atoms with E-state index in [9.17, 15) is 4.79 Å². The number of nitrogens with zero attached hydrogens (tertiary/aromatic N) is 3. The molecule has 2 aromatic heterocycles. The van der Waals surface area contributed by atoms with Crippen molar-refractivity contribution in [3.63, 3.8) is 0 Å². The molecule has 0 aliphatic carbocycles. The fourth-order valence-corrected chi connectivity index (χ4v) is 3.03. The van der Waals surface area contributed by atoms with Gasteiger partial charge in [0.1, 0.15) is 0 Å². The number of nitrogens with one attached hydrogen (secondary N) is 1. The van der Waals surface area contributed by atoms with Gasteiger partial charge in [0.05, 0.1) is 17.1 Å². The van der Waals surface area contributed by atoms with E-state index in [0.717, 1.165) is 15.8 Å². The lowest BCUT2D eigenvalue weighted by Crippen LogP contribution is -2.23. The highest BCUT2D eigenvalue weighted by atomic mass is 32.1. The van der Waals surface area contributed by atoms with Crippen LogP contribution in [0.3, 0.4) is 0 Å². The molecule has 0 saturated heterocycles. The van der Waals surface area contributed by atoms with Gasteiger partial charge < -0.3 is 10.2 Å². The predicted octanol–water partition coefficient (Wildman–Crippen LogP) is 2.69. The number of hydrogen-bond donors (Lipinski definition) is 1. The molecule has 1 amide bonds. The number of rotatable bonds is 4. The molecular weight excluding hydrogens is 296 g/mol. The zero-order valence-corrected chi connectivity index (χ0v) is 13.2. The molecule has 112 valence electrons. The number of carbonyl (C=O) groups is 1. The first-order valence-corrected chi connectivity index (χ1v) is 7.71. The molecule has 1 N–H and O–H groups in total. The molecule has 0 aliphatic heterocycles. The second kappa shape index (κ2) is 6.11. The van der Waals surface area contributed by atoms with Crippen LogP contribution in [0.2, 0.25) is 0 Å². The highest BCUT2D eigenvalue weighted by molar-refractivity contribution is 7.20. The Kier molecular flexibility index (Phi) is 4.02. The Balaban J connectivity index is 1.70. The van der Waals surface area contributed by atoms with Crippen molar-refractivity contribution in [2.75, 3.05) is 19.0 Å². The second-order valence-corrected chi connectivity index (χ2v) is 6.16. The van der Waals surface area contributed by atoms with Crippen molar-refractivity contribution in [3.05, 3.63) is 53.2 Å². The fourth-order valence-electron chi connectivity index (χ4n) is 2.05. The van der Waals surface area contributed by atoms with Gasteiger partial charge in [0.25, 0.3) is 5.91 Å². The number of benzene rings is 1. The molecule has 22 heavy (non-hydrogen) atoms. The van der Waals surface area contributed by atoms with E-state index in [0.29, 0.717) is 17.4 Å². The number of amides is 1. The molecule has 5 nitrogen and oxygen atoms in total. The van der Waals surface area contributed by atoms with Gasteiger partial charge in [0.15, 0.2) is 0 Å². The third kappa shape index (κ3) is 3.07. The summed E-state index contributed by atoms with van der Waals surface area (Å²) in [4.78, 5) is 23.3.